The predicted octanol–water partition coefficient (Wildman–Crippen LogP) is 1.46. The molecule has 0 aromatic heterocycles. The second-order valence-electron chi connectivity index (χ2n) is 2.95. The molecule has 14 heavy (non-hydrogen) atoms. The quantitative estimate of drug-likeness (QED) is 0.794. The Morgan fingerprint density at radius 1 is 1.57 bits per heavy atom. The summed E-state index contributed by atoms with van der Waals surface area (Å²) in [5, 5.41) is 17.5. The molecule has 0 bridgehead atoms. The Kier molecular flexibility index (Phi) is 3.43. The van der Waals surface area contributed by atoms with Crippen molar-refractivity contribution in [3.63, 3.8) is 0 Å². The number of ether oxygens (including phenoxy) is 1. The third-order valence-corrected chi connectivity index (χ3v) is 1.49. The Hall–Kier alpha value is -1.60. The maximum Gasteiger partial charge on any atom is 0.128 e. The molecular weight excluding hydrogens is 185 g/mol. The van der Waals surface area contributed by atoms with Crippen LogP contribution in [-0.4, -0.2) is 17.8 Å². The van der Waals surface area contributed by atoms with Gasteiger partial charge in [0.25, 0.3) is 0 Å². The minimum absolute atomic E-state index is 0.0777. The third kappa shape index (κ3) is 3.04. The molecule has 1 rings (SSSR count). The first-order valence-corrected chi connectivity index (χ1v) is 4.13. The highest BCUT2D eigenvalue weighted by Crippen LogP contribution is 2.15. The fourth-order valence-corrected chi connectivity index (χ4v) is 0.927. The molecule has 1 atom stereocenters. The largest absolute Gasteiger partial charge is 0.491 e. The molecule has 0 fully saturated rings. The van der Waals surface area contributed by atoms with Gasteiger partial charge < -0.3 is 9.84 Å². The van der Waals surface area contributed by atoms with E-state index in [0.717, 1.165) is 6.07 Å². The summed E-state index contributed by atoms with van der Waals surface area (Å²) in [4.78, 5) is 0. The van der Waals surface area contributed by atoms with E-state index in [4.69, 9.17) is 15.1 Å². The normalized spacial score (nSPS) is 11.9. The minimum atomic E-state index is -0.621. The first kappa shape index (κ1) is 10.5. The van der Waals surface area contributed by atoms with Crippen molar-refractivity contribution in [2.24, 2.45) is 0 Å². The van der Waals surface area contributed by atoms with E-state index in [1.165, 1.54) is 12.1 Å². The van der Waals surface area contributed by atoms with Crippen LogP contribution in [0.3, 0.4) is 0 Å². The van der Waals surface area contributed by atoms with Crippen molar-refractivity contribution in [3.8, 4) is 11.8 Å². The minimum Gasteiger partial charge on any atom is -0.491 e. The van der Waals surface area contributed by atoms with Gasteiger partial charge in [-0.2, -0.15) is 5.26 Å². The topological polar surface area (TPSA) is 53.2 Å². The van der Waals surface area contributed by atoms with Gasteiger partial charge in [0.2, 0.25) is 0 Å². The molecule has 74 valence electrons. The van der Waals surface area contributed by atoms with Crippen LogP contribution in [0, 0.1) is 17.1 Å². The molecule has 1 aromatic rings. The number of aliphatic hydroxyl groups is 1. The van der Waals surface area contributed by atoms with Gasteiger partial charge in [0, 0.05) is 6.07 Å². The number of hydrogen-bond donors (Lipinski definition) is 1. The summed E-state index contributed by atoms with van der Waals surface area (Å²) in [6, 6.07) is 5.53. The molecular formula is C10H10FNO2. The van der Waals surface area contributed by atoms with E-state index in [2.05, 4.69) is 0 Å². The Balaban J connectivity index is 2.78. The van der Waals surface area contributed by atoms with Gasteiger partial charge in [0.15, 0.2) is 0 Å². The van der Waals surface area contributed by atoms with Crippen molar-refractivity contribution < 1.29 is 14.2 Å². The van der Waals surface area contributed by atoms with E-state index in [0.29, 0.717) is 0 Å². The molecule has 0 radical (unpaired) electrons. The molecule has 3 nitrogen and oxygen atoms in total. The highest BCUT2D eigenvalue weighted by atomic mass is 19.1. The van der Waals surface area contributed by atoms with Gasteiger partial charge in [-0.1, -0.05) is 0 Å². The Labute approximate surface area is 81.4 Å². The molecule has 0 aliphatic heterocycles. The molecule has 1 aromatic carbocycles. The van der Waals surface area contributed by atoms with E-state index < -0.39 is 11.9 Å². The summed E-state index contributed by atoms with van der Waals surface area (Å²) in [6.45, 7) is 1.64. The van der Waals surface area contributed by atoms with Gasteiger partial charge in [-0.25, -0.2) is 4.39 Å². The summed E-state index contributed by atoms with van der Waals surface area (Å²) in [5.41, 5.74) is 0.200. The number of halogens is 1. The van der Waals surface area contributed by atoms with Gasteiger partial charge in [-0.15, -0.1) is 0 Å². The molecule has 0 aliphatic rings. The van der Waals surface area contributed by atoms with Crippen LogP contribution in [0.15, 0.2) is 18.2 Å². The van der Waals surface area contributed by atoms with Crippen LogP contribution in [-0.2, 0) is 0 Å². The van der Waals surface area contributed by atoms with Crippen molar-refractivity contribution in [1.29, 1.82) is 5.26 Å². The Morgan fingerprint density at radius 3 is 2.86 bits per heavy atom. The lowest BCUT2D eigenvalue weighted by atomic mass is 10.2. The zero-order valence-electron chi connectivity index (χ0n) is 7.70. The average Bonchev–Trinajstić information content (AvgIpc) is 2.14. The molecule has 4 heteroatoms. The summed E-state index contributed by atoms with van der Waals surface area (Å²) in [7, 11) is 0. The lowest BCUT2D eigenvalue weighted by Gasteiger charge is -2.07. The molecule has 0 heterocycles. The maximum absolute atomic E-state index is 12.8. The number of nitriles is 1. The zero-order valence-corrected chi connectivity index (χ0v) is 7.70. The van der Waals surface area contributed by atoms with Gasteiger partial charge in [-0.3, -0.25) is 0 Å². The van der Waals surface area contributed by atoms with Crippen molar-refractivity contribution in [1.82, 2.24) is 0 Å². The SMILES string of the molecule is CC(O)COc1cc(F)cc(C#N)c1. The van der Waals surface area contributed by atoms with Crippen LogP contribution in [0.25, 0.3) is 0 Å². The molecule has 1 unspecified atom stereocenters. The number of nitrogens with zero attached hydrogens (tertiary/aromatic N) is 1. The molecule has 1 N–H and O–H groups in total. The zero-order chi connectivity index (χ0) is 10.6. The van der Waals surface area contributed by atoms with Crippen LogP contribution in [0.1, 0.15) is 12.5 Å². The second-order valence-corrected chi connectivity index (χ2v) is 2.95. The van der Waals surface area contributed by atoms with E-state index in [1.807, 2.05) is 6.07 Å². The summed E-state index contributed by atoms with van der Waals surface area (Å²) < 4.78 is 17.9. The molecule has 0 amide bonds. The summed E-state index contributed by atoms with van der Waals surface area (Å²) >= 11 is 0. The Morgan fingerprint density at radius 2 is 2.29 bits per heavy atom. The summed E-state index contributed by atoms with van der Waals surface area (Å²) in [6.07, 6.45) is -0.621. The smallest absolute Gasteiger partial charge is 0.128 e. The highest BCUT2D eigenvalue weighted by Gasteiger charge is 2.02. The van der Waals surface area contributed by atoms with Gasteiger partial charge >= 0.3 is 0 Å². The number of rotatable bonds is 3. The van der Waals surface area contributed by atoms with Crippen molar-refractivity contribution >= 4 is 0 Å². The van der Waals surface area contributed by atoms with Crippen LogP contribution in [0.4, 0.5) is 4.39 Å². The van der Waals surface area contributed by atoms with Gasteiger partial charge in [0.05, 0.1) is 17.7 Å². The molecule has 0 saturated heterocycles. The van der Waals surface area contributed by atoms with Crippen LogP contribution in [0.5, 0.6) is 5.75 Å². The monoisotopic (exact) mass is 195 g/mol. The van der Waals surface area contributed by atoms with Crippen molar-refractivity contribution in [3.05, 3.63) is 29.6 Å². The third-order valence-electron chi connectivity index (χ3n) is 1.49. The van der Waals surface area contributed by atoms with Crippen molar-refractivity contribution in [2.75, 3.05) is 6.61 Å². The molecule has 0 aliphatic carbocycles. The standard InChI is InChI=1S/C10H10FNO2/c1-7(13)6-14-10-3-8(5-12)2-9(11)4-10/h2-4,7,13H,6H2,1H3. The van der Waals surface area contributed by atoms with Crippen molar-refractivity contribution in [2.45, 2.75) is 13.0 Å². The fraction of sp³-hybridized carbons (Fsp3) is 0.300. The molecule has 0 saturated carbocycles. The highest BCUT2D eigenvalue weighted by molar-refractivity contribution is 5.36. The number of benzene rings is 1. The Bertz CT molecular complexity index is 358. The summed E-state index contributed by atoms with van der Waals surface area (Å²) in [5.74, 6) is -0.271. The van der Waals surface area contributed by atoms with E-state index in [-0.39, 0.29) is 17.9 Å². The second kappa shape index (κ2) is 4.58. The first-order chi connectivity index (χ1) is 6.61. The van der Waals surface area contributed by atoms with E-state index in [1.54, 1.807) is 6.92 Å². The number of hydrogen-bond acceptors (Lipinski definition) is 3. The number of aliphatic hydroxyl groups excluding tert-OH is 1. The average molecular weight is 195 g/mol. The van der Waals surface area contributed by atoms with Crippen LogP contribution >= 0.6 is 0 Å². The van der Waals surface area contributed by atoms with Gasteiger partial charge in [0.1, 0.15) is 18.2 Å². The fourth-order valence-electron chi connectivity index (χ4n) is 0.927. The first-order valence-electron chi connectivity index (χ1n) is 4.13. The van der Waals surface area contributed by atoms with E-state index >= 15 is 0 Å². The predicted molar refractivity (Wildman–Crippen MR) is 48.3 cm³/mol. The lowest BCUT2D eigenvalue weighted by Crippen LogP contribution is -2.12. The molecule has 0 spiro atoms. The van der Waals surface area contributed by atoms with Crippen LogP contribution < -0.4 is 4.74 Å². The van der Waals surface area contributed by atoms with Crippen LogP contribution in [0.2, 0.25) is 0 Å². The van der Waals surface area contributed by atoms with Gasteiger partial charge in [-0.05, 0) is 19.1 Å². The lowest BCUT2D eigenvalue weighted by molar-refractivity contribution is 0.122. The van der Waals surface area contributed by atoms with E-state index in [9.17, 15) is 4.39 Å². The maximum atomic E-state index is 12.8.